The number of aliphatic hydroxyl groups is 1. The van der Waals surface area contributed by atoms with Gasteiger partial charge in [0.15, 0.2) is 0 Å². The summed E-state index contributed by atoms with van der Waals surface area (Å²) in [4.78, 5) is 21.3. The molecule has 11 heteroatoms. The molecule has 0 aliphatic carbocycles. The minimum Gasteiger partial charge on any atom is -0.458 e. The smallest absolute Gasteiger partial charge is 0.332 e. The van der Waals surface area contributed by atoms with E-state index in [1.54, 1.807) is 20.8 Å². The summed E-state index contributed by atoms with van der Waals surface area (Å²) >= 11 is 3.12. The monoisotopic (exact) mass is 546 g/mol. The Balaban J connectivity index is -0.0000000959. The van der Waals surface area contributed by atoms with Gasteiger partial charge in [-0.25, -0.2) is 9.59 Å². The molecule has 0 radical (unpaired) electrons. The number of hydrogen-bond donors (Lipinski definition) is 3. The van der Waals surface area contributed by atoms with Gasteiger partial charge in [-0.1, -0.05) is 15.9 Å². The third-order valence-corrected chi connectivity index (χ3v) is 2.02. The maximum absolute atomic E-state index is 10.9. The maximum atomic E-state index is 10.9. The van der Waals surface area contributed by atoms with E-state index in [0.717, 1.165) is 11.9 Å². The Labute approximate surface area is 188 Å². The molecule has 0 amide bonds. The highest BCUT2D eigenvalue weighted by Gasteiger charge is 2.15. The zero-order chi connectivity index (χ0) is 20.5. The topological polar surface area (TPSA) is 134 Å². The number of esters is 2. The second-order valence-electron chi connectivity index (χ2n) is 6.65. The first-order valence-corrected chi connectivity index (χ1v) is 9.03. The molecule has 0 heterocycles. The Kier molecular flexibility index (Phi) is 31.2. The number of rotatable bonds is 6. The third-order valence-electron chi connectivity index (χ3n) is 1.56. The van der Waals surface area contributed by atoms with Crippen LogP contribution in [0.3, 0.4) is 0 Å². The van der Waals surface area contributed by atoms with Gasteiger partial charge in [-0.15, -0.1) is 29.4 Å². The Morgan fingerprint density at radius 1 is 0.926 bits per heavy atom. The quantitative estimate of drug-likeness (QED) is 0.261. The molecule has 0 saturated carbocycles. The first-order valence-electron chi connectivity index (χ1n) is 7.91. The van der Waals surface area contributed by atoms with Crippen LogP contribution in [0.25, 0.3) is 0 Å². The number of nitrogens with two attached hydrogens (primary N) is 2. The minimum absolute atomic E-state index is 0. The Bertz CT molecular complexity index is 349. The van der Waals surface area contributed by atoms with E-state index in [2.05, 4.69) is 15.9 Å². The van der Waals surface area contributed by atoms with Gasteiger partial charge in [0.2, 0.25) is 0 Å². The predicted octanol–water partition coefficient (Wildman–Crippen LogP) is 1.96. The van der Waals surface area contributed by atoms with E-state index >= 15 is 0 Å². The molecule has 5 N–H and O–H groups in total. The molecule has 0 aliphatic heterocycles. The molecule has 0 atom stereocenters. The van der Waals surface area contributed by atoms with Crippen molar-refractivity contribution in [1.82, 2.24) is 0 Å². The first kappa shape index (κ1) is 37.7. The van der Waals surface area contributed by atoms with Crippen LogP contribution in [0, 0.1) is 0 Å². The summed E-state index contributed by atoms with van der Waals surface area (Å²) in [6, 6.07) is 0. The zero-order valence-electron chi connectivity index (χ0n) is 17.1. The van der Waals surface area contributed by atoms with E-state index in [1.165, 1.54) is 0 Å². The number of halogens is 3. The fourth-order valence-electron chi connectivity index (χ4n) is 0.984. The highest BCUT2D eigenvalue weighted by atomic mass is 79.9. The van der Waals surface area contributed by atoms with Crippen molar-refractivity contribution < 1.29 is 28.9 Å². The van der Waals surface area contributed by atoms with Crippen LogP contribution in [0.1, 0.15) is 41.5 Å². The summed E-state index contributed by atoms with van der Waals surface area (Å²) in [7, 11) is 0. The van der Waals surface area contributed by atoms with Crippen LogP contribution in [-0.2, 0) is 23.8 Å². The van der Waals surface area contributed by atoms with Gasteiger partial charge < -0.3 is 30.8 Å². The van der Waals surface area contributed by atoms with Crippen LogP contribution >= 0.6 is 45.3 Å². The molecule has 27 heavy (non-hydrogen) atoms. The standard InChI is InChI=1S/C8H17NO3.C6H12O3.C2H6BrN.BrH.ClH/c1-8(2,3)12-7(10)6-11-5-4-9;1-6(2,3)9-5(8)4-7;3-1-2-4;;/h4-6,9H2,1-3H3;7H,4H2,1-3H3;1-2,4H2;2*1H. The fraction of sp³-hybridized carbons (Fsp3) is 0.875. The Hall–Kier alpha value is 0.0300. The van der Waals surface area contributed by atoms with Gasteiger partial charge in [0.1, 0.15) is 24.4 Å². The molecule has 8 nitrogen and oxygen atoms in total. The van der Waals surface area contributed by atoms with Gasteiger partial charge in [0.05, 0.1) is 6.61 Å². The number of carbonyl (C=O) groups is 2. The van der Waals surface area contributed by atoms with Gasteiger partial charge in [-0.05, 0) is 41.5 Å². The van der Waals surface area contributed by atoms with Gasteiger partial charge in [0, 0.05) is 18.4 Å². The summed E-state index contributed by atoms with van der Waals surface area (Å²) in [5.74, 6) is -0.932. The average Bonchev–Trinajstić information content (AvgIpc) is 2.45. The van der Waals surface area contributed by atoms with Crippen molar-refractivity contribution in [1.29, 1.82) is 0 Å². The Morgan fingerprint density at radius 2 is 1.30 bits per heavy atom. The molecular weight excluding hydrogens is 511 g/mol. The van der Waals surface area contributed by atoms with Crippen molar-refractivity contribution in [3.63, 3.8) is 0 Å². The van der Waals surface area contributed by atoms with Crippen LogP contribution in [0.15, 0.2) is 0 Å². The van der Waals surface area contributed by atoms with E-state index in [1.807, 2.05) is 20.8 Å². The number of ether oxygens (including phenoxy) is 3. The summed E-state index contributed by atoms with van der Waals surface area (Å²) in [6.07, 6.45) is 0. The molecule has 0 spiro atoms. The number of hydrogen-bond acceptors (Lipinski definition) is 8. The van der Waals surface area contributed by atoms with Crippen molar-refractivity contribution in [3.8, 4) is 0 Å². The minimum atomic E-state index is -0.581. The lowest BCUT2D eigenvalue weighted by Gasteiger charge is -2.19. The SMILES string of the molecule is Br.CC(C)(C)OC(=O)CO.CC(C)(C)OC(=O)COCCN.Cl.NCCBr. The second-order valence-corrected chi connectivity index (χ2v) is 7.44. The summed E-state index contributed by atoms with van der Waals surface area (Å²) in [6.45, 7) is 11.7. The molecule has 0 aromatic carbocycles. The van der Waals surface area contributed by atoms with Crippen LogP contribution in [0.5, 0.6) is 0 Å². The summed E-state index contributed by atoms with van der Waals surface area (Å²) < 4.78 is 14.6. The van der Waals surface area contributed by atoms with Crippen LogP contribution in [0.2, 0.25) is 0 Å². The lowest BCUT2D eigenvalue weighted by molar-refractivity contribution is -0.160. The molecule has 0 fully saturated rings. The molecule has 0 saturated heterocycles. The van der Waals surface area contributed by atoms with E-state index in [-0.39, 0.29) is 42.0 Å². The van der Waals surface area contributed by atoms with Crippen molar-refractivity contribution in [2.45, 2.75) is 52.7 Å². The van der Waals surface area contributed by atoms with Crippen LogP contribution in [-0.4, -0.2) is 66.5 Å². The molecule has 168 valence electrons. The van der Waals surface area contributed by atoms with E-state index in [0.29, 0.717) is 13.2 Å². The number of aliphatic hydroxyl groups excluding tert-OH is 1. The average molecular weight is 549 g/mol. The predicted molar refractivity (Wildman–Crippen MR) is 119 cm³/mol. The molecule has 0 aromatic rings. The van der Waals surface area contributed by atoms with Gasteiger partial charge in [-0.2, -0.15) is 0 Å². The lowest BCUT2D eigenvalue weighted by atomic mass is 10.2. The van der Waals surface area contributed by atoms with Gasteiger partial charge >= 0.3 is 11.9 Å². The van der Waals surface area contributed by atoms with Gasteiger partial charge in [-0.3, -0.25) is 0 Å². The lowest BCUT2D eigenvalue weighted by Crippen LogP contribution is -2.27. The highest BCUT2D eigenvalue weighted by molar-refractivity contribution is 9.09. The normalized spacial score (nSPS) is 9.85. The van der Waals surface area contributed by atoms with Crippen LogP contribution < -0.4 is 11.5 Å². The molecule has 0 aromatic heterocycles. The summed E-state index contributed by atoms with van der Waals surface area (Å²) in [5.41, 5.74) is 9.22. The molecule has 0 bridgehead atoms. The maximum Gasteiger partial charge on any atom is 0.332 e. The molecule has 0 rings (SSSR count). The second kappa shape index (κ2) is 22.3. The van der Waals surface area contributed by atoms with E-state index < -0.39 is 23.8 Å². The van der Waals surface area contributed by atoms with Gasteiger partial charge in [0.25, 0.3) is 0 Å². The number of carbonyl (C=O) groups excluding carboxylic acids is 2. The van der Waals surface area contributed by atoms with E-state index in [9.17, 15) is 9.59 Å². The van der Waals surface area contributed by atoms with Crippen molar-refractivity contribution >= 4 is 57.3 Å². The number of alkyl halides is 1. The first-order chi connectivity index (χ1) is 11.3. The zero-order valence-corrected chi connectivity index (χ0v) is 21.2. The van der Waals surface area contributed by atoms with Crippen molar-refractivity contribution in [2.75, 3.05) is 38.2 Å². The van der Waals surface area contributed by atoms with E-state index in [4.69, 9.17) is 30.8 Å². The van der Waals surface area contributed by atoms with Crippen LogP contribution in [0.4, 0.5) is 0 Å². The third kappa shape index (κ3) is 46.2. The van der Waals surface area contributed by atoms with Crippen molar-refractivity contribution in [3.05, 3.63) is 0 Å². The molecule has 0 aliphatic rings. The van der Waals surface area contributed by atoms with Crippen molar-refractivity contribution in [2.24, 2.45) is 11.5 Å². The largest absolute Gasteiger partial charge is 0.458 e. The summed E-state index contributed by atoms with van der Waals surface area (Å²) in [5, 5.41) is 9.13. The molecular formula is C16H37Br2ClN2O6. The highest BCUT2D eigenvalue weighted by Crippen LogP contribution is 2.06. The fourth-order valence-corrected chi connectivity index (χ4v) is 0.984. The Morgan fingerprint density at radius 3 is 1.52 bits per heavy atom. The molecule has 0 unspecified atom stereocenters.